The first kappa shape index (κ1) is 20.8. The van der Waals surface area contributed by atoms with E-state index < -0.39 is 6.09 Å². The first-order chi connectivity index (χ1) is 15.2. The van der Waals surface area contributed by atoms with Gasteiger partial charge in [-0.15, -0.1) is 0 Å². The highest BCUT2D eigenvalue weighted by atomic mass is 19.1. The third-order valence-electron chi connectivity index (χ3n) is 5.55. The number of nitrogens with one attached hydrogen (secondary N) is 1. The number of carbonyl (C=O) groups excluding carboxylic acids is 1. The number of hydrogen-bond donors (Lipinski definition) is 2. The smallest absolute Gasteiger partial charge is 0.407 e. The average molecular weight is 416 g/mol. The summed E-state index contributed by atoms with van der Waals surface area (Å²) in [6.07, 6.45) is 3.87. The molecule has 1 aliphatic rings. The molecule has 3 aromatic rings. The second-order valence-electron chi connectivity index (χ2n) is 7.49. The van der Waals surface area contributed by atoms with Crippen molar-refractivity contribution in [3.05, 3.63) is 101 Å². The molecular formula is C26H25FN2O2. The molecule has 1 aliphatic carbocycles. The van der Waals surface area contributed by atoms with Gasteiger partial charge in [0.1, 0.15) is 12.4 Å². The molecule has 3 N–H and O–H groups in total. The van der Waals surface area contributed by atoms with Gasteiger partial charge in [-0.05, 0) is 51.9 Å². The highest BCUT2D eigenvalue weighted by Gasteiger charge is 2.28. The van der Waals surface area contributed by atoms with Crippen LogP contribution in [0.4, 0.5) is 9.18 Å². The molecule has 0 saturated heterocycles. The maximum Gasteiger partial charge on any atom is 0.407 e. The second-order valence-corrected chi connectivity index (χ2v) is 7.49. The highest BCUT2D eigenvalue weighted by molar-refractivity contribution is 5.79. The maximum atomic E-state index is 13.4. The molecule has 0 saturated carbocycles. The summed E-state index contributed by atoms with van der Waals surface area (Å²) in [5, 5.41) is 2.77. The van der Waals surface area contributed by atoms with Crippen LogP contribution in [-0.4, -0.2) is 19.2 Å². The van der Waals surface area contributed by atoms with Crippen molar-refractivity contribution in [2.24, 2.45) is 5.73 Å². The Labute approximate surface area is 181 Å². The number of benzene rings is 3. The van der Waals surface area contributed by atoms with Crippen LogP contribution in [0.3, 0.4) is 0 Å². The third-order valence-corrected chi connectivity index (χ3v) is 5.55. The Morgan fingerprint density at radius 2 is 1.71 bits per heavy atom. The van der Waals surface area contributed by atoms with Crippen LogP contribution in [0.15, 0.2) is 72.8 Å². The van der Waals surface area contributed by atoms with Gasteiger partial charge >= 0.3 is 6.09 Å². The van der Waals surface area contributed by atoms with Crippen LogP contribution >= 0.6 is 0 Å². The molecule has 5 heteroatoms. The van der Waals surface area contributed by atoms with E-state index in [1.165, 1.54) is 34.4 Å². The van der Waals surface area contributed by atoms with Crippen molar-refractivity contribution in [2.75, 3.05) is 13.2 Å². The van der Waals surface area contributed by atoms with Gasteiger partial charge in [-0.1, -0.05) is 66.7 Å². The van der Waals surface area contributed by atoms with Crippen molar-refractivity contribution >= 4 is 12.2 Å². The van der Waals surface area contributed by atoms with Crippen LogP contribution in [-0.2, 0) is 11.3 Å². The number of halogens is 1. The van der Waals surface area contributed by atoms with Gasteiger partial charge in [0.15, 0.2) is 0 Å². The first-order valence-corrected chi connectivity index (χ1v) is 10.4. The zero-order valence-electron chi connectivity index (χ0n) is 17.2. The lowest BCUT2D eigenvalue weighted by Gasteiger charge is -2.14. The highest BCUT2D eigenvalue weighted by Crippen LogP contribution is 2.44. The summed E-state index contributed by atoms with van der Waals surface area (Å²) in [5.41, 5.74) is 12.1. The molecule has 31 heavy (non-hydrogen) atoms. The van der Waals surface area contributed by atoms with E-state index in [1.807, 2.05) is 36.4 Å². The topological polar surface area (TPSA) is 64.3 Å². The van der Waals surface area contributed by atoms with Gasteiger partial charge in [0.2, 0.25) is 0 Å². The van der Waals surface area contributed by atoms with Crippen molar-refractivity contribution < 1.29 is 13.9 Å². The molecule has 0 fully saturated rings. The van der Waals surface area contributed by atoms with Gasteiger partial charge < -0.3 is 15.8 Å². The summed E-state index contributed by atoms with van der Waals surface area (Å²) in [6.45, 7) is 1.07. The number of amides is 1. The fourth-order valence-corrected chi connectivity index (χ4v) is 4.02. The molecular weight excluding hydrogens is 391 g/mol. The number of rotatable bonds is 7. The summed E-state index contributed by atoms with van der Waals surface area (Å²) in [7, 11) is 0. The van der Waals surface area contributed by atoms with Gasteiger partial charge in [0.05, 0.1) is 0 Å². The molecule has 0 spiro atoms. The zero-order chi connectivity index (χ0) is 21.6. The maximum absolute atomic E-state index is 13.4. The summed E-state index contributed by atoms with van der Waals surface area (Å²) >= 11 is 0. The van der Waals surface area contributed by atoms with Crippen molar-refractivity contribution in [1.82, 2.24) is 5.32 Å². The monoisotopic (exact) mass is 416 g/mol. The second kappa shape index (κ2) is 9.58. The summed E-state index contributed by atoms with van der Waals surface area (Å²) in [6, 6.07) is 21.0. The lowest BCUT2D eigenvalue weighted by molar-refractivity contribution is 0.143. The Kier molecular flexibility index (Phi) is 6.43. The molecule has 4 rings (SSSR count). The average Bonchev–Trinajstić information content (AvgIpc) is 3.11. The number of hydrogen-bond acceptors (Lipinski definition) is 3. The Hall–Kier alpha value is -3.44. The third kappa shape index (κ3) is 4.67. The minimum absolute atomic E-state index is 0.0423. The van der Waals surface area contributed by atoms with E-state index in [0.717, 1.165) is 11.1 Å². The lowest BCUT2D eigenvalue weighted by Crippen LogP contribution is -2.26. The Balaban J connectivity index is 1.28. The van der Waals surface area contributed by atoms with E-state index in [0.29, 0.717) is 26.1 Å². The van der Waals surface area contributed by atoms with Gasteiger partial charge in [-0.25, -0.2) is 9.18 Å². The Morgan fingerprint density at radius 1 is 1.03 bits per heavy atom. The molecule has 0 aromatic heterocycles. The number of carbonyl (C=O) groups is 1. The number of ether oxygens (including phenoxy) is 1. The van der Waals surface area contributed by atoms with Crippen LogP contribution in [0.25, 0.3) is 17.2 Å². The number of fused-ring (bicyclic) bond motifs is 3. The lowest BCUT2D eigenvalue weighted by atomic mass is 9.98. The van der Waals surface area contributed by atoms with Crippen LogP contribution in [0.1, 0.15) is 34.6 Å². The van der Waals surface area contributed by atoms with E-state index in [1.54, 1.807) is 6.07 Å². The van der Waals surface area contributed by atoms with Crippen molar-refractivity contribution in [1.29, 1.82) is 0 Å². The minimum atomic E-state index is -0.441. The SMILES string of the molecule is NCc1ccc(F)cc1C=CCCNC(=O)OCC1c2ccccc2-c2ccccc21. The van der Waals surface area contributed by atoms with Crippen LogP contribution < -0.4 is 11.1 Å². The van der Waals surface area contributed by atoms with Crippen LogP contribution in [0.5, 0.6) is 0 Å². The number of alkyl carbamates (subject to hydrolysis) is 1. The van der Waals surface area contributed by atoms with E-state index in [4.69, 9.17) is 10.5 Å². The summed E-state index contributed by atoms with van der Waals surface area (Å²) in [5.74, 6) is -0.255. The molecule has 0 heterocycles. The zero-order valence-corrected chi connectivity index (χ0v) is 17.2. The van der Waals surface area contributed by atoms with Crippen LogP contribution in [0, 0.1) is 5.82 Å². The van der Waals surface area contributed by atoms with Crippen molar-refractivity contribution in [2.45, 2.75) is 18.9 Å². The fraction of sp³-hybridized carbons (Fsp3) is 0.192. The predicted octanol–water partition coefficient (Wildman–Crippen LogP) is 5.23. The van der Waals surface area contributed by atoms with E-state index >= 15 is 0 Å². The van der Waals surface area contributed by atoms with Crippen molar-refractivity contribution in [3.8, 4) is 11.1 Å². The molecule has 158 valence electrons. The molecule has 3 aromatic carbocycles. The van der Waals surface area contributed by atoms with Gasteiger partial charge in [0, 0.05) is 19.0 Å². The summed E-state index contributed by atoms with van der Waals surface area (Å²) in [4.78, 5) is 12.2. The molecule has 1 amide bonds. The molecule has 0 aliphatic heterocycles. The molecule has 0 radical (unpaired) electrons. The quantitative estimate of drug-likeness (QED) is 0.519. The Morgan fingerprint density at radius 3 is 2.39 bits per heavy atom. The molecule has 4 nitrogen and oxygen atoms in total. The number of nitrogens with two attached hydrogens (primary N) is 1. The van der Waals surface area contributed by atoms with Gasteiger partial charge in [0.25, 0.3) is 0 Å². The van der Waals surface area contributed by atoms with E-state index in [2.05, 4.69) is 29.6 Å². The Bertz CT molecular complexity index is 1060. The standard InChI is InChI=1S/C26H25FN2O2/c27-20-13-12-19(16-28)18(15-20)7-5-6-14-29-26(30)31-17-25-23-10-3-1-8-21(23)22-9-2-4-11-24(22)25/h1-5,7-13,15,25H,6,14,16-17,28H2,(H,29,30). The van der Waals surface area contributed by atoms with Gasteiger partial charge in [-0.2, -0.15) is 0 Å². The largest absolute Gasteiger partial charge is 0.449 e. The molecule has 0 unspecified atom stereocenters. The fourth-order valence-electron chi connectivity index (χ4n) is 4.02. The normalized spacial score (nSPS) is 12.6. The molecule has 0 bridgehead atoms. The first-order valence-electron chi connectivity index (χ1n) is 10.4. The van der Waals surface area contributed by atoms with E-state index in [9.17, 15) is 9.18 Å². The van der Waals surface area contributed by atoms with Gasteiger partial charge in [-0.3, -0.25) is 0 Å². The minimum Gasteiger partial charge on any atom is -0.449 e. The molecule has 0 atom stereocenters. The van der Waals surface area contributed by atoms with Crippen LogP contribution in [0.2, 0.25) is 0 Å². The van der Waals surface area contributed by atoms with Crippen molar-refractivity contribution in [3.63, 3.8) is 0 Å². The van der Waals surface area contributed by atoms with E-state index in [-0.39, 0.29) is 11.7 Å². The predicted molar refractivity (Wildman–Crippen MR) is 121 cm³/mol. The summed E-state index contributed by atoms with van der Waals surface area (Å²) < 4.78 is 18.9.